The highest BCUT2D eigenvalue weighted by molar-refractivity contribution is 5.92. The normalized spacial score (nSPS) is 15.4. The molecular formula is C23H28N2O4. The van der Waals surface area contributed by atoms with Crippen LogP contribution in [0, 0.1) is 0 Å². The Hall–Kier alpha value is -2.99. The van der Waals surface area contributed by atoms with Crippen molar-refractivity contribution >= 4 is 12.0 Å². The van der Waals surface area contributed by atoms with Crippen molar-refractivity contribution in [3.8, 4) is 17.2 Å². The number of rotatable bonds is 7. The Bertz CT molecular complexity index is 818. The standard InChI is InChI=1S/C23H28N2O4/c1-28-20-14-18(15-21(29-2)23(20)27)8-9-22(26)24-19-10-12-25(13-11-19)16-17-6-4-3-5-7-17/h3-9,14-15,19,27H,10-13,16H2,1-2H3,(H,24,26)/b9-8+. The average molecular weight is 396 g/mol. The van der Waals surface area contributed by atoms with Gasteiger partial charge in [-0.1, -0.05) is 30.3 Å². The van der Waals surface area contributed by atoms with Crippen molar-refractivity contribution in [2.75, 3.05) is 27.3 Å². The minimum atomic E-state index is -0.127. The number of hydrogen-bond acceptors (Lipinski definition) is 5. The molecule has 0 radical (unpaired) electrons. The van der Waals surface area contributed by atoms with Crippen molar-refractivity contribution in [3.63, 3.8) is 0 Å². The van der Waals surface area contributed by atoms with Gasteiger partial charge in [-0.15, -0.1) is 0 Å². The van der Waals surface area contributed by atoms with Gasteiger partial charge in [0.1, 0.15) is 0 Å². The second kappa shape index (κ2) is 9.98. The number of carbonyl (C=O) groups excluding carboxylic acids is 1. The Morgan fingerprint density at radius 3 is 2.34 bits per heavy atom. The largest absolute Gasteiger partial charge is 0.502 e. The van der Waals surface area contributed by atoms with Crippen LogP contribution in [0.15, 0.2) is 48.5 Å². The molecule has 1 fully saturated rings. The third-order valence-electron chi connectivity index (χ3n) is 5.11. The van der Waals surface area contributed by atoms with E-state index in [0.29, 0.717) is 17.1 Å². The maximum absolute atomic E-state index is 12.3. The van der Waals surface area contributed by atoms with E-state index in [1.165, 1.54) is 25.9 Å². The summed E-state index contributed by atoms with van der Waals surface area (Å²) >= 11 is 0. The van der Waals surface area contributed by atoms with Gasteiger partial charge in [0.2, 0.25) is 11.7 Å². The van der Waals surface area contributed by atoms with E-state index in [0.717, 1.165) is 32.5 Å². The van der Waals surface area contributed by atoms with Crippen LogP contribution in [-0.4, -0.2) is 49.3 Å². The number of nitrogens with one attached hydrogen (secondary N) is 1. The summed E-state index contributed by atoms with van der Waals surface area (Å²) in [7, 11) is 2.94. The molecule has 0 aliphatic carbocycles. The lowest BCUT2D eigenvalue weighted by Crippen LogP contribution is -2.43. The Labute approximate surface area is 171 Å². The molecular weight excluding hydrogens is 368 g/mol. The zero-order chi connectivity index (χ0) is 20.6. The first kappa shape index (κ1) is 20.7. The SMILES string of the molecule is COc1cc(/C=C/C(=O)NC2CCN(Cc3ccccc3)CC2)cc(OC)c1O. The zero-order valence-corrected chi connectivity index (χ0v) is 16.9. The van der Waals surface area contributed by atoms with E-state index in [4.69, 9.17) is 9.47 Å². The van der Waals surface area contributed by atoms with E-state index in [2.05, 4.69) is 34.5 Å². The van der Waals surface area contributed by atoms with Crippen molar-refractivity contribution < 1.29 is 19.4 Å². The van der Waals surface area contributed by atoms with Crippen LogP contribution in [-0.2, 0) is 11.3 Å². The molecule has 0 bridgehead atoms. The fourth-order valence-corrected chi connectivity index (χ4v) is 3.51. The van der Waals surface area contributed by atoms with Crippen LogP contribution in [0.5, 0.6) is 17.2 Å². The van der Waals surface area contributed by atoms with Gasteiger partial charge in [-0.2, -0.15) is 0 Å². The predicted octanol–water partition coefficient (Wildman–Crippen LogP) is 3.20. The minimum absolute atomic E-state index is 0.0566. The van der Waals surface area contributed by atoms with Gasteiger partial charge in [0, 0.05) is 31.8 Å². The summed E-state index contributed by atoms with van der Waals surface area (Å²) in [6.45, 7) is 2.89. The Balaban J connectivity index is 1.50. The summed E-state index contributed by atoms with van der Waals surface area (Å²) in [6, 6.07) is 13.9. The zero-order valence-electron chi connectivity index (χ0n) is 16.9. The van der Waals surface area contributed by atoms with Gasteiger partial charge in [-0.25, -0.2) is 0 Å². The number of benzene rings is 2. The minimum Gasteiger partial charge on any atom is -0.502 e. The van der Waals surface area contributed by atoms with Crippen LogP contribution in [0.2, 0.25) is 0 Å². The lowest BCUT2D eigenvalue weighted by atomic mass is 10.0. The molecule has 2 aromatic rings. The third-order valence-corrected chi connectivity index (χ3v) is 5.11. The van der Waals surface area contributed by atoms with Crippen molar-refractivity contribution in [1.29, 1.82) is 0 Å². The number of ether oxygens (including phenoxy) is 2. The highest BCUT2D eigenvalue weighted by atomic mass is 16.5. The van der Waals surface area contributed by atoms with Crippen LogP contribution >= 0.6 is 0 Å². The number of methoxy groups -OCH3 is 2. The number of nitrogens with zero attached hydrogens (tertiary/aromatic N) is 1. The lowest BCUT2D eigenvalue weighted by molar-refractivity contribution is -0.117. The van der Waals surface area contributed by atoms with Gasteiger partial charge >= 0.3 is 0 Å². The van der Waals surface area contributed by atoms with Gasteiger partial charge in [-0.05, 0) is 42.2 Å². The second-order valence-electron chi connectivity index (χ2n) is 7.15. The van der Waals surface area contributed by atoms with Gasteiger partial charge in [0.05, 0.1) is 14.2 Å². The molecule has 154 valence electrons. The second-order valence-corrected chi connectivity index (χ2v) is 7.15. The van der Waals surface area contributed by atoms with Crippen molar-refractivity contribution in [3.05, 3.63) is 59.7 Å². The van der Waals surface area contributed by atoms with Gasteiger partial charge in [-0.3, -0.25) is 9.69 Å². The molecule has 0 spiro atoms. The van der Waals surface area contributed by atoms with Gasteiger partial charge in [0.25, 0.3) is 0 Å². The maximum Gasteiger partial charge on any atom is 0.244 e. The Morgan fingerprint density at radius 2 is 1.76 bits per heavy atom. The predicted molar refractivity (Wildman–Crippen MR) is 113 cm³/mol. The third kappa shape index (κ3) is 5.74. The Kier molecular flexibility index (Phi) is 7.14. The molecule has 0 atom stereocenters. The summed E-state index contributed by atoms with van der Waals surface area (Å²) in [5.74, 6) is 0.418. The van der Waals surface area contributed by atoms with Crippen LogP contribution in [0.25, 0.3) is 6.08 Å². The van der Waals surface area contributed by atoms with Crippen molar-refractivity contribution in [2.24, 2.45) is 0 Å². The summed E-state index contributed by atoms with van der Waals surface area (Å²) in [4.78, 5) is 14.7. The van der Waals surface area contributed by atoms with E-state index >= 15 is 0 Å². The number of phenols is 1. The van der Waals surface area contributed by atoms with Gasteiger partial charge < -0.3 is 19.9 Å². The molecule has 2 aromatic carbocycles. The van der Waals surface area contributed by atoms with E-state index in [1.54, 1.807) is 18.2 Å². The first-order valence-electron chi connectivity index (χ1n) is 9.79. The molecule has 1 heterocycles. The van der Waals surface area contributed by atoms with Crippen LogP contribution in [0.3, 0.4) is 0 Å². The lowest BCUT2D eigenvalue weighted by Gasteiger charge is -2.32. The molecule has 1 aliphatic heterocycles. The first-order valence-corrected chi connectivity index (χ1v) is 9.79. The number of aromatic hydroxyl groups is 1. The summed E-state index contributed by atoms with van der Waals surface area (Å²) < 4.78 is 10.3. The molecule has 6 nitrogen and oxygen atoms in total. The molecule has 29 heavy (non-hydrogen) atoms. The molecule has 1 amide bonds. The van der Waals surface area contributed by atoms with Crippen LogP contribution < -0.4 is 14.8 Å². The van der Waals surface area contributed by atoms with E-state index < -0.39 is 0 Å². The molecule has 0 saturated carbocycles. The van der Waals surface area contributed by atoms with Crippen LogP contribution in [0.4, 0.5) is 0 Å². The summed E-state index contributed by atoms with van der Waals surface area (Å²) in [5.41, 5.74) is 2.03. The van der Waals surface area contributed by atoms with E-state index in [-0.39, 0.29) is 17.7 Å². The average Bonchev–Trinajstić information content (AvgIpc) is 2.75. The number of amides is 1. The van der Waals surface area contributed by atoms with E-state index in [9.17, 15) is 9.90 Å². The summed E-state index contributed by atoms with van der Waals surface area (Å²) in [6.07, 6.45) is 5.06. The molecule has 1 saturated heterocycles. The van der Waals surface area contributed by atoms with Crippen LogP contribution in [0.1, 0.15) is 24.0 Å². The maximum atomic E-state index is 12.3. The first-order chi connectivity index (χ1) is 14.1. The monoisotopic (exact) mass is 396 g/mol. The molecule has 0 unspecified atom stereocenters. The number of carbonyl (C=O) groups is 1. The molecule has 6 heteroatoms. The number of piperidine rings is 1. The molecule has 1 aliphatic rings. The highest BCUT2D eigenvalue weighted by Crippen LogP contribution is 2.37. The fraction of sp³-hybridized carbons (Fsp3) is 0.348. The van der Waals surface area contributed by atoms with E-state index in [1.807, 2.05) is 6.07 Å². The smallest absolute Gasteiger partial charge is 0.244 e. The van der Waals surface area contributed by atoms with Crippen molar-refractivity contribution in [1.82, 2.24) is 10.2 Å². The number of likely N-dealkylation sites (tertiary alicyclic amines) is 1. The summed E-state index contributed by atoms with van der Waals surface area (Å²) in [5, 5.41) is 13.0. The molecule has 2 N–H and O–H groups in total. The fourth-order valence-electron chi connectivity index (χ4n) is 3.51. The Morgan fingerprint density at radius 1 is 1.14 bits per heavy atom. The molecule has 0 aromatic heterocycles. The molecule has 3 rings (SSSR count). The van der Waals surface area contributed by atoms with Gasteiger partial charge in [0.15, 0.2) is 11.5 Å². The number of phenolic OH excluding ortho intramolecular Hbond substituents is 1. The topological polar surface area (TPSA) is 71.0 Å². The number of hydrogen-bond donors (Lipinski definition) is 2. The quantitative estimate of drug-likeness (QED) is 0.704. The highest BCUT2D eigenvalue weighted by Gasteiger charge is 2.20. The van der Waals surface area contributed by atoms with Crippen molar-refractivity contribution in [2.45, 2.75) is 25.4 Å².